The van der Waals surface area contributed by atoms with Gasteiger partial charge in [-0.05, 0) is 42.4 Å². The maximum Gasteiger partial charge on any atom is 0.308 e. The van der Waals surface area contributed by atoms with Gasteiger partial charge in [0.1, 0.15) is 5.75 Å². The molecule has 3 unspecified atom stereocenters. The quantitative estimate of drug-likeness (QED) is 0.815. The Kier molecular flexibility index (Phi) is 3.36. The Labute approximate surface area is 101 Å². The molecule has 2 rings (SSSR count). The summed E-state index contributed by atoms with van der Waals surface area (Å²) in [4.78, 5) is 11.3. The molecule has 1 saturated carbocycles. The molecule has 0 spiro atoms. The van der Waals surface area contributed by atoms with Crippen LogP contribution >= 0.6 is 0 Å². The molecule has 92 valence electrons. The van der Waals surface area contributed by atoms with Gasteiger partial charge in [0.15, 0.2) is 0 Å². The van der Waals surface area contributed by atoms with E-state index in [0.29, 0.717) is 17.6 Å². The minimum absolute atomic E-state index is 0.0851. The van der Waals surface area contributed by atoms with Crippen molar-refractivity contribution in [2.24, 2.45) is 11.8 Å². The van der Waals surface area contributed by atoms with Gasteiger partial charge in [0.25, 0.3) is 0 Å². The van der Waals surface area contributed by atoms with Crippen molar-refractivity contribution in [1.82, 2.24) is 0 Å². The van der Waals surface area contributed by atoms with Crippen LogP contribution in [0.4, 0.5) is 0 Å². The first-order chi connectivity index (χ1) is 8.11. The van der Waals surface area contributed by atoms with E-state index in [1.54, 1.807) is 12.1 Å². The number of phenols is 1. The lowest BCUT2D eigenvalue weighted by Crippen LogP contribution is -2.05. The average Bonchev–Trinajstić information content (AvgIpc) is 3.07. The van der Waals surface area contributed by atoms with Crippen molar-refractivity contribution in [1.29, 1.82) is 0 Å². The van der Waals surface area contributed by atoms with Crippen molar-refractivity contribution in [3.05, 3.63) is 29.8 Å². The Morgan fingerprint density at radius 3 is 3.00 bits per heavy atom. The van der Waals surface area contributed by atoms with E-state index in [4.69, 9.17) is 4.74 Å². The number of esters is 1. The van der Waals surface area contributed by atoms with Crippen LogP contribution in [-0.2, 0) is 9.53 Å². The molecule has 0 radical (unpaired) electrons. The molecule has 3 atom stereocenters. The standard InChI is InChI=1S/C14H18O3/c1-9(10-4-3-5-12(15)7-10)6-11-8-13(11)14(16)17-2/h3-5,7,9,11,13,15H,6,8H2,1-2H3. The molecule has 1 fully saturated rings. The summed E-state index contributed by atoms with van der Waals surface area (Å²) in [5, 5.41) is 9.42. The SMILES string of the molecule is COC(=O)C1CC1CC(C)c1cccc(O)c1. The van der Waals surface area contributed by atoms with Gasteiger partial charge >= 0.3 is 5.97 Å². The zero-order valence-corrected chi connectivity index (χ0v) is 10.2. The summed E-state index contributed by atoms with van der Waals surface area (Å²) in [7, 11) is 1.44. The lowest BCUT2D eigenvalue weighted by atomic mass is 9.94. The highest BCUT2D eigenvalue weighted by atomic mass is 16.5. The van der Waals surface area contributed by atoms with Gasteiger partial charge in [0.2, 0.25) is 0 Å². The topological polar surface area (TPSA) is 46.5 Å². The summed E-state index contributed by atoms with van der Waals surface area (Å²) in [5.41, 5.74) is 1.13. The smallest absolute Gasteiger partial charge is 0.308 e. The number of hydrogen-bond donors (Lipinski definition) is 1. The van der Waals surface area contributed by atoms with Crippen molar-refractivity contribution < 1.29 is 14.6 Å². The van der Waals surface area contributed by atoms with E-state index >= 15 is 0 Å². The fourth-order valence-electron chi connectivity index (χ4n) is 2.37. The van der Waals surface area contributed by atoms with Gasteiger partial charge < -0.3 is 9.84 Å². The summed E-state index contributed by atoms with van der Waals surface area (Å²) in [6, 6.07) is 7.33. The number of aromatic hydroxyl groups is 1. The molecular weight excluding hydrogens is 216 g/mol. The average molecular weight is 234 g/mol. The van der Waals surface area contributed by atoms with Gasteiger partial charge in [-0.1, -0.05) is 19.1 Å². The molecule has 1 N–H and O–H groups in total. The second-order valence-corrected chi connectivity index (χ2v) is 4.86. The fraction of sp³-hybridized carbons (Fsp3) is 0.500. The van der Waals surface area contributed by atoms with E-state index in [1.807, 2.05) is 12.1 Å². The highest BCUT2D eigenvalue weighted by Crippen LogP contribution is 2.45. The monoisotopic (exact) mass is 234 g/mol. The summed E-state index contributed by atoms with van der Waals surface area (Å²) < 4.78 is 4.73. The Morgan fingerprint density at radius 2 is 2.35 bits per heavy atom. The molecule has 1 aromatic rings. The van der Waals surface area contributed by atoms with Crippen LogP contribution in [-0.4, -0.2) is 18.2 Å². The number of ether oxygens (including phenoxy) is 1. The van der Waals surface area contributed by atoms with E-state index in [1.165, 1.54) is 7.11 Å². The molecule has 3 nitrogen and oxygen atoms in total. The number of benzene rings is 1. The molecule has 0 heterocycles. The van der Waals surface area contributed by atoms with E-state index in [9.17, 15) is 9.90 Å². The third-order valence-corrected chi connectivity index (χ3v) is 3.52. The van der Waals surface area contributed by atoms with Crippen molar-refractivity contribution in [2.45, 2.75) is 25.7 Å². The molecular formula is C14H18O3. The minimum atomic E-state index is -0.0851. The number of phenolic OH excluding ortho intramolecular Hbond substituents is 1. The number of rotatable bonds is 4. The first-order valence-corrected chi connectivity index (χ1v) is 5.98. The molecule has 1 aliphatic carbocycles. The van der Waals surface area contributed by atoms with E-state index in [0.717, 1.165) is 18.4 Å². The second kappa shape index (κ2) is 4.78. The predicted octanol–water partition coefficient (Wildman–Crippen LogP) is 2.69. The molecule has 0 aliphatic heterocycles. The number of methoxy groups -OCH3 is 1. The molecule has 0 bridgehead atoms. The van der Waals surface area contributed by atoms with Crippen molar-refractivity contribution in [3.63, 3.8) is 0 Å². The molecule has 17 heavy (non-hydrogen) atoms. The summed E-state index contributed by atoms with van der Waals surface area (Å²) in [5.74, 6) is 1.12. The third-order valence-electron chi connectivity index (χ3n) is 3.52. The molecule has 0 amide bonds. The maximum atomic E-state index is 11.3. The Balaban J connectivity index is 1.91. The normalized spacial score (nSPS) is 24.1. The molecule has 0 saturated heterocycles. The first-order valence-electron chi connectivity index (χ1n) is 5.98. The van der Waals surface area contributed by atoms with E-state index in [-0.39, 0.29) is 11.9 Å². The summed E-state index contributed by atoms with van der Waals surface area (Å²) in [6.45, 7) is 2.13. The number of carbonyl (C=O) groups is 1. The van der Waals surface area contributed by atoms with Crippen LogP contribution in [0.15, 0.2) is 24.3 Å². The lowest BCUT2D eigenvalue weighted by Gasteiger charge is -2.11. The third kappa shape index (κ3) is 2.78. The van der Waals surface area contributed by atoms with Crippen LogP contribution < -0.4 is 0 Å². The molecule has 1 aliphatic rings. The molecule has 3 heteroatoms. The highest BCUT2D eigenvalue weighted by Gasteiger charge is 2.44. The van der Waals surface area contributed by atoms with Crippen LogP contribution in [0.3, 0.4) is 0 Å². The molecule has 0 aromatic heterocycles. The van der Waals surface area contributed by atoms with Crippen molar-refractivity contribution >= 4 is 5.97 Å². The number of carbonyl (C=O) groups excluding carboxylic acids is 1. The fourth-order valence-corrected chi connectivity index (χ4v) is 2.37. The van der Waals surface area contributed by atoms with Crippen LogP contribution in [0.5, 0.6) is 5.75 Å². The first kappa shape index (κ1) is 12.0. The van der Waals surface area contributed by atoms with Crippen LogP contribution in [0, 0.1) is 11.8 Å². The van der Waals surface area contributed by atoms with Crippen LogP contribution in [0.25, 0.3) is 0 Å². The summed E-state index contributed by atoms with van der Waals surface area (Å²) in [6.07, 6.45) is 1.92. The van der Waals surface area contributed by atoms with Crippen LogP contribution in [0.1, 0.15) is 31.2 Å². The van der Waals surface area contributed by atoms with Gasteiger partial charge in [0, 0.05) is 0 Å². The van der Waals surface area contributed by atoms with Gasteiger partial charge in [-0.15, -0.1) is 0 Å². The summed E-state index contributed by atoms with van der Waals surface area (Å²) >= 11 is 0. The zero-order valence-electron chi connectivity index (χ0n) is 10.2. The Hall–Kier alpha value is -1.51. The van der Waals surface area contributed by atoms with Gasteiger partial charge in [0.05, 0.1) is 13.0 Å². The largest absolute Gasteiger partial charge is 0.508 e. The lowest BCUT2D eigenvalue weighted by molar-refractivity contribution is -0.142. The highest BCUT2D eigenvalue weighted by molar-refractivity contribution is 5.75. The van der Waals surface area contributed by atoms with E-state index in [2.05, 4.69) is 6.92 Å². The zero-order chi connectivity index (χ0) is 12.4. The van der Waals surface area contributed by atoms with Crippen molar-refractivity contribution in [3.8, 4) is 5.75 Å². The maximum absolute atomic E-state index is 11.3. The molecule has 1 aromatic carbocycles. The van der Waals surface area contributed by atoms with Gasteiger partial charge in [-0.2, -0.15) is 0 Å². The predicted molar refractivity (Wildman–Crippen MR) is 64.8 cm³/mol. The minimum Gasteiger partial charge on any atom is -0.508 e. The van der Waals surface area contributed by atoms with Gasteiger partial charge in [-0.3, -0.25) is 4.79 Å². The Bertz CT molecular complexity index is 414. The van der Waals surface area contributed by atoms with E-state index < -0.39 is 0 Å². The van der Waals surface area contributed by atoms with Gasteiger partial charge in [-0.25, -0.2) is 0 Å². The van der Waals surface area contributed by atoms with Crippen LogP contribution in [0.2, 0.25) is 0 Å². The Morgan fingerprint density at radius 1 is 1.59 bits per heavy atom. The number of hydrogen-bond acceptors (Lipinski definition) is 3. The second-order valence-electron chi connectivity index (χ2n) is 4.86. The van der Waals surface area contributed by atoms with Crippen molar-refractivity contribution in [2.75, 3.05) is 7.11 Å².